The highest BCUT2D eigenvalue weighted by Crippen LogP contribution is 2.17. The van der Waals surface area contributed by atoms with Gasteiger partial charge in [-0.15, -0.1) is 12.4 Å². The summed E-state index contributed by atoms with van der Waals surface area (Å²) in [5, 5.41) is 2.09. The van der Waals surface area contributed by atoms with Gasteiger partial charge in [0.25, 0.3) is 0 Å². The zero-order chi connectivity index (χ0) is 12.3. The Kier molecular flexibility index (Phi) is 6.44. The molecule has 1 saturated heterocycles. The number of primary amides is 1. The Balaban J connectivity index is 0.00000256. The fourth-order valence-corrected chi connectivity index (χ4v) is 1.94. The quantitative estimate of drug-likeness (QED) is 0.635. The molecular formula is C10H21ClN4O2. The van der Waals surface area contributed by atoms with E-state index in [1.807, 2.05) is 4.90 Å². The average Bonchev–Trinajstić information content (AvgIpc) is 2.20. The Labute approximate surface area is 107 Å². The van der Waals surface area contributed by atoms with Crippen LogP contribution in [0.2, 0.25) is 0 Å². The lowest BCUT2D eigenvalue weighted by atomic mass is 9.94. The number of nitrogens with two attached hydrogens (primary N) is 2. The summed E-state index contributed by atoms with van der Waals surface area (Å²) in [6.45, 7) is 5.38. The predicted octanol–water partition coefficient (Wildman–Crippen LogP) is -0.339. The number of hydrogen-bond acceptors (Lipinski definition) is 4. The van der Waals surface area contributed by atoms with Gasteiger partial charge in [0.05, 0.1) is 6.04 Å². The maximum Gasteiger partial charge on any atom is 0.318 e. The number of likely N-dealkylation sites (tertiary alicyclic amines) is 1. The molecule has 0 saturated carbocycles. The molecule has 1 heterocycles. The molecule has 0 aromatic rings. The van der Waals surface area contributed by atoms with E-state index in [2.05, 4.69) is 12.2 Å². The molecule has 1 rings (SSSR count). The second-order valence-corrected chi connectivity index (χ2v) is 4.45. The van der Waals surface area contributed by atoms with Gasteiger partial charge in [-0.2, -0.15) is 0 Å². The van der Waals surface area contributed by atoms with Gasteiger partial charge in [-0.05, 0) is 19.3 Å². The van der Waals surface area contributed by atoms with Gasteiger partial charge in [-0.3, -0.25) is 15.0 Å². The van der Waals surface area contributed by atoms with Gasteiger partial charge in [0.15, 0.2) is 0 Å². The van der Waals surface area contributed by atoms with Crippen LogP contribution in [0.1, 0.15) is 20.3 Å². The summed E-state index contributed by atoms with van der Waals surface area (Å²) in [6.07, 6.45) is 0.870. The number of carbonyl (C=O) groups excluding carboxylic acids is 2. The summed E-state index contributed by atoms with van der Waals surface area (Å²) in [7, 11) is 0. The lowest BCUT2D eigenvalue weighted by Crippen LogP contribution is -2.54. The second-order valence-electron chi connectivity index (χ2n) is 4.45. The maximum atomic E-state index is 11.6. The molecule has 0 aliphatic carbocycles. The number of piperidine rings is 1. The molecule has 0 bridgehead atoms. The molecule has 100 valence electrons. The Morgan fingerprint density at radius 1 is 1.47 bits per heavy atom. The molecule has 5 N–H and O–H groups in total. The highest BCUT2D eigenvalue weighted by molar-refractivity contribution is 5.96. The van der Waals surface area contributed by atoms with Crippen LogP contribution in [0.15, 0.2) is 0 Å². The average molecular weight is 265 g/mol. The highest BCUT2D eigenvalue weighted by Gasteiger charge is 2.29. The van der Waals surface area contributed by atoms with Crippen LogP contribution in [-0.4, -0.2) is 42.0 Å². The van der Waals surface area contributed by atoms with E-state index in [4.69, 9.17) is 11.5 Å². The Hall–Kier alpha value is -0.850. The smallest absolute Gasteiger partial charge is 0.318 e. The molecule has 1 fully saturated rings. The van der Waals surface area contributed by atoms with E-state index in [0.717, 1.165) is 19.5 Å². The van der Waals surface area contributed by atoms with E-state index in [9.17, 15) is 9.59 Å². The molecule has 17 heavy (non-hydrogen) atoms. The van der Waals surface area contributed by atoms with Crippen molar-refractivity contribution in [2.75, 3.05) is 13.1 Å². The molecule has 7 heteroatoms. The number of urea groups is 1. The molecule has 1 aliphatic rings. The van der Waals surface area contributed by atoms with Gasteiger partial charge in [0.2, 0.25) is 5.91 Å². The van der Waals surface area contributed by atoms with Gasteiger partial charge in [0.1, 0.15) is 0 Å². The van der Waals surface area contributed by atoms with Crippen LogP contribution in [-0.2, 0) is 4.79 Å². The molecule has 0 spiro atoms. The predicted molar refractivity (Wildman–Crippen MR) is 67.8 cm³/mol. The molecule has 3 unspecified atom stereocenters. The van der Waals surface area contributed by atoms with E-state index >= 15 is 0 Å². The Morgan fingerprint density at radius 2 is 2.06 bits per heavy atom. The summed E-state index contributed by atoms with van der Waals surface area (Å²) < 4.78 is 0. The van der Waals surface area contributed by atoms with Crippen molar-refractivity contribution in [1.82, 2.24) is 10.2 Å². The van der Waals surface area contributed by atoms with E-state index in [-0.39, 0.29) is 30.4 Å². The largest absolute Gasteiger partial charge is 0.351 e. The van der Waals surface area contributed by atoms with Crippen LogP contribution in [0.5, 0.6) is 0 Å². The minimum absolute atomic E-state index is 0. The van der Waals surface area contributed by atoms with Crippen LogP contribution in [0, 0.1) is 5.92 Å². The number of nitrogens with one attached hydrogen (secondary N) is 1. The van der Waals surface area contributed by atoms with E-state index in [1.54, 1.807) is 6.92 Å². The van der Waals surface area contributed by atoms with Crippen molar-refractivity contribution >= 4 is 24.3 Å². The van der Waals surface area contributed by atoms with Crippen molar-refractivity contribution in [3.63, 3.8) is 0 Å². The van der Waals surface area contributed by atoms with E-state index in [0.29, 0.717) is 5.92 Å². The first-order valence-corrected chi connectivity index (χ1v) is 5.51. The molecule has 3 atom stereocenters. The van der Waals surface area contributed by atoms with E-state index in [1.165, 1.54) is 0 Å². The van der Waals surface area contributed by atoms with Gasteiger partial charge >= 0.3 is 6.03 Å². The minimum atomic E-state index is -0.807. The number of rotatable bonds is 2. The molecule has 1 aliphatic heterocycles. The molecule has 3 amide bonds. The number of imide groups is 1. The molecule has 0 aromatic heterocycles. The van der Waals surface area contributed by atoms with Crippen LogP contribution in [0.4, 0.5) is 4.79 Å². The Bertz CT molecular complexity index is 287. The van der Waals surface area contributed by atoms with Crippen molar-refractivity contribution in [1.29, 1.82) is 0 Å². The van der Waals surface area contributed by atoms with Crippen LogP contribution >= 0.6 is 12.4 Å². The molecule has 6 nitrogen and oxygen atoms in total. The third-order valence-corrected chi connectivity index (χ3v) is 3.18. The summed E-state index contributed by atoms with van der Waals surface area (Å²) in [6, 6.07) is -0.955. The van der Waals surface area contributed by atoms with Crippen molar-refractivity contribution < 1.29 is 9.59 Å². The zero-order valence-corrected chi connectivity index (χ0v) is 11.0. The van der Waals surface area contributed by atoms with Gasteiger partial charge in [-0.1, -0.05) is 6.92 Å². The number of hydrogen-bond donors (Lipinski definition) is 3. The van der Waals surface area contributed by atoms with E-state index < -0.39 is 6.03 Å². The number of amides is 3. The SMILES string of the molecule is CC1CN(C(C)C(=O)NC(N)=O)CCC1N.Cl. The lowest BCUT2D eigenvalue weighted by molar-refractivity contribution is -0.125. The fraction of sp³-hybridized carbons (Fsp3) is 0.800. The van der Waals surface area contributed by atoms with Gasteiger partial charge in [-0.25, -0.2) is 4.79 Å². The third kappa shape index (κ3) is 4.49. The Morgan fingerprint density at radius 3 is 2.53 bits per heavy atom. The lowest BCUT2D eigenvalue weighted by Gasteiger charge is -2.37. The molecule has 0 aromatic carbocycles. The third-order valence-electron chi connectivity index (χ3n) is 3.18. The maximum absolute atomic E-state index is 11.6. The van der Waals surface area contributed by atoms with Crippen molar-refractivity contribution in [3.05, 3.63) is 0 Å². The van der Waals surface area contributed by atoms with Crippen molar-refractivity contribution in [3.8, 4) is 0 Å². The van der Waals surface area contributed by atoms with Gasteiger partial charge < -0.3 is 11.5 Å². The van der Waals surface area contributed by atoms with Crippen LogP contribution in [0.25, 0.3) is 0 Å². The summed E-state index contributed by atoms with van der Waals surface area (Å²) >= 11 is 0. The topological polar surface area (TPSA) is 101 Å². The standard InChI is InChI=1S/C10H20N4O2.ClH/c1-6-5-14(4-3-8(6)11)7(2)9(15)13-10(12)16;/h6-8H,3-5,11H2,1-2H3,(H3,12,13,15,16);1H. The van der Waals surface area contributed by atoms with Crippen molar-refractivity contribution in [2.24, 2.45) is 17.4 Å². The normalized spacial score (nSPS) is 26.8. The number of halogens is 1. The summed E-state index contributed by atoms with van der Waals surface area (Å²) in [5.74, 6) is 0.00718. The number of nitrogens with zero attached hydrogens (tertiary/aromatic N) is 1. The first kappa shape index (κ1) is 16.1. The zero-order valence-electron chi connectivity index (χ0n) is 10.2. The highest BCUT2D eigenvalue weighted by atomic mass is 35.5. The summed E-state index contributed by atoms with van der Waals surface area (Å²) in [5.41, 5.74) is 10.8. The summed E-state index contributed by atoms with van der Waals surface area (Å²) in [4.78, 5) is 24.1. The minimum Gasteiger partial charge on any atom is -0.351 e. The second kappa shape index (κ2) is 6.78. The van der Waals surface area contributed by atoms with Crippen LogP contribution in [0.3, 0.4) is 0 Å². The van der Waals surface area contributed by atoms with Gasteiger partial charge in [0, 0.05) is 19.1 Å². The molecule has 0 radical (unpaired) electrons. The first-order chi connectivity index (χ1) is 7.41. The molecular weight excluding hydrogens is 244 g/mol. The van der Waals surface area contributed by atoms with Crippen LogP contribution < -0.4 is 16.8 Å². The monoisotopic (exact) mass is 264 g/mol. The van der Waals surface area contributed by atoms with Crippen molar-refractivity contribution in [2.45, 2.75) is 32.4 Å². The first-order valence-electron chi connectivity index (χ1n) is 5.51. The fourth-order valence-electron chi connectivity index (χ4n) is 1.94. The number of carbonyl (C=O) groups is 2.